The lowest BCUT2D eigenvalue weighted by Gasteiger charge is -2.08. The first-order valence-corrected chi connectivity index (χ1v) is 6.61. The van der Waals surface area contributed by atoms with Gasteiger partial charge in [0.2, 0.25) is 0 Å². The molecule has 0 saturated heterocycles. The minimum Gasteiger partial charge on any atom is -0.265 e. The molecule has 0 atom stereocenters. The Bertz CT molecular complexity index is 933. The third kappa shape index (κ3) is 2.32. The summed E-state index contributed by atoms with van der Waals surface area (Å²) in [5.74, 6) is 0. The van der Waals surface area contributed by atoms with E-state index in [4.69, 9.17) is 0 Å². The molecule has 0 aliphatic carbocycles. The lowest BCUT2D eigenvalue weighted by atomic mass is 10.1. The number of rotatable bonds is 3. The van der Waals surface area contributed by atoms with E-state index < -0.39 is 4.92 Å². The van der Waals surface area contributed by atoms with Crippen molar-refractivity contribution < 1.29 is 4.92 Å². The quantitative estimate of drug-likeness (QED) is 0.545. The van der Waals surface area contributed by atoms with Gasteiger partial charge >= 0.3 is 0 Å². The van der Waals surface area contributed by atoms with E-state index in [1.54, 1.807) is 43.6 Å². The zero-order valence-electron chi connectivity index (χ0n) is 11.8. The van der Waals surface area contributed by atoms with Crippen LogP contribution in [0.5, 0.6) is 0 Å². The van der Waals surface area contributed by atoms with Crippen LogP contribution in [0.2, 0.25) is 0 Å². The third-order valence-electron chi connectivity index (χ3n) is 3.55. The Morgan fingerprint density at radius 2 is 2.09 bits per heavy atom. The van der Waals surface area contributed by atoms with Gasteiger partial charge in [0, 0.05) is 23.2 Å². The highest BCUT2D eigenvalue weighted by Crippen LogP contribution is 2.21. The average Bonchev–Trinajstić information content (AvgIpc) is 2.52. The Hall–Kier alpha value is -3.09. The van der Waals surface area contributed by atoms with E-state index in [-0.39, 0.29) is 17.8 Å². The van der Waals surface area contributed by atoms with Crippen molar-refractivity contribution in [2.45, 2.75) is 13.5 Å². The molecule has 1 aromatic carbocycles. The van der Waals surface area contributed by atoms with E-state index in [0.29, 0.717) is 22.0 Å². The first-order valence-electron chi connectivity index (χ1n) is 6.61. The number of hydrogen-bond donors (Lipinski definition) is 0. The molecule has 0 radical (unpaired) electrons. The van der Waals surface area contributed by atoms with Crippen LogP contribution in [0.25, 0.3) is 10.9 Å². The molecule has 110 valence electrons. The molecule has 0 aliphatic heterocycles. The van der Waals surface area contributed by atoms with Crippen LogP contribution >= 0.6 is 0 Å². The molecular weight excluding hydrogens is 284 g/mol. The maximum absolute atomic E-state index is 12.4. The summed E-state index contributed by atoms with van der Waals surface area (Å²) in [5, 5.41) is 15.8. The molecule has 0 aliphatic rings. The molecule has 3 rings (SSSR count). The predicted octanol–water partition coefficient (Wildman–Crippen LogP) is 2.06. The van der Waals surface area contributed by atoms with Crippen molar-refractivity contribution in [3.05, 3.63) is 74.3 Å². The zero-order valence-corrected chi connectivity index (χ0v) is 11.8. The van der Waals surface area contributed by atoms with E-state index >= 15 is 0 Å². The van der Waals surface area contributed by atoms with Crippen LogP contribution in [0.1, 0.15) is 11.1 Å². The fourth-order valence-electron chi connectivity index (χ4n) is 2.32. The van der Waals surface area contributed by atoms with Crippen molar-refractivity contribution >= 4 is 16.6 Å². The molecule has 0 N–H and O–H groups in total. The minimum absolute atomic E-state index is 0.0319. The van der Waals surface area contributed by atoms with Gasteiger partial charge in [-0.25, -0.2) is 4.68 Å². The van der Waals surface area contributed by atoms with Crippen molar-refractivity contribution in [3.8, 4) is 0 Å². The molecule has 0 fully saturated rings. The van der Waals surface area contributed by atoms with E-state index in [2.05, 4.69) is 10.1 Å². The van der Waals surface area contributed by atoms with Crippen molar-refractivity contribution in [3.63, 3.8) is 0 Å². The van der Waals surface area contributed by atoms with Crippen LogP contribution in [-0.4, -0.2) is 19.7 Å². The highest BCUT2D eigenvalue weighted by Gasteiger charge is 2.14. The van der Waals surface area contributed by atoms with E-state index in [9.17, 15) is 14.9 Å². The lowest BCUT2D eigenvalue weighted by molar-refractivity contribution is -0.385. The van der Waals surface area contributed by atoms with Gasteiger partial charge in [-0.3, -0.25) is 19.9 Å². The molecule has 0 bridgehead atoms. The maximum Gasteiger partial charge on any atom is 0.293 e. The second-order valence-electron chi connectivity index (χ2n) is 4.87. The Morgan fingerprint density at radius 3 is 2.86 bits per heavy atom. The van der Waals surface area contributed by atoms with Crippen LogP contribution in [0, 0.1) is 17.0 Å². The first kappa shape index (κ1) is 13.9. The molecule has 0 saturated carbocycles. The molecule has 0 unspecified atom stereocenters. The van der Waals surface area contributed by atoms with Crippen LogP contribution in [0.3, 0.4) is 0 Å². The smallest absolute Gasteiger partial charge is 0.265 e. The molecule has 22 heavy (non-hydrogen) atoms. The molecule has 7 heteroatoms. The summed E-state index contributed by atoms with van der Waals surface area (Å²) in [6.07, 6.45) is 3.11. The molecule has 0 amide bonds. The van der Waals surface area contributed by atoms with Gasteiger partial charge in [0.1, 0.15) is 5.52 Å². The number of nitro benzene ring substituents is 1. The zero-order chi connectivity index (χ0) is 15.7. The van der Waals surface area contributed by atoms with Crippen LogP contribution < -0.4 is 5.56 Å². The largest absolute Gasteiger partial charge is 0.293 e. The van der Waals surface area contributed by atoms with Crippen LogP contribution in [0.4, 0.5) is 5.69 Å². The maximum atomic E-state index is 12.4. The van der Waals surface area contributed by atoms with E-state index in [0.717, 1.165) is 0 Å². The third-order valence-corrected chi connectivity index (χ3v) is 3.55. The summed E-state index contributed by atoms with van der Waals surface area (Å²) in [4.78, 5) is 27.0. The number of nitro groups is 1. The molecular formula is C15H12N4O3. The second kappa shape index (κ2) is 5.36. The van der Waals surface area contributed by atoms with Gasteiger partial charge in [-0.15, -0.1) is 0 Å². The summed E-state index contributed by atoms with van der Waals surface area (Å²) in [7, 11) is 0. The lowest BCUT2D eigenvalue weighted by Crippen LogP contribution is -2.24. The fraction of sp³-hybridized carbons (Fsp3) is 0.133. The van der Waals surface area contributed by atoms with Crippen molar-refractivity contribution in [1.82, 2.24) is 14.8 Å². The van der Waals surface area contributed by atoms with Gasteiger partial charge in [-0.1, -0.05) is 12.1 Å². The normalized spacial score (nSPS) is 10.8. The Balaban J connectivity index is 2.08. The standard InChI is InChI=1S/C15H12N4O3/c1-10-12(4-2-6-13(10)19(21)22)9-18-15(20)14-11(8-17-18)5-3-7-16-14/h2-8H,9H2,1H3. The van der Waals surface area contributed by atoms with Crippen LogP contribution in [-0.2, 0) is 6.54 Å². The van der Waals surface area contributed by atoms with Gasteiger partial charge in [0.25, 0.3) is 11.2 Å². The molecule has 0 spiro atoms. The number of nitrogens with zero attached hydrogens (tertiary/aromatic N) is 4. The first-order chi connectivity index (χ1) is 10.6. The molecule has 2 heterocycles. The summed E-state index contributed by atoms with van der Waals surface area (Å²) in [5.41, 5.74) is 1.26. The van der Waals surface area contributed by atoms with Crippen molar-refractivity contribution in [2.24, 2.45) is 0 Å². The number of pyridine rings is 1. The summed E-state index contributed by atoms with van der Waals surface area (Å²) < 4.78 is 1.27. The summed E-state index contributed by atoms with van der Waals surface area (Å²) >= 11 is 0. The van der Waals surface area contributed by atoms with Gasteiger partial charge in [-0.2, -0.15) is 5.10 Å². The SMILES string of the molecule is Cc1c(Cn2ncc3cccnc3c2=O)cccc1[N+](=O)[O-]. The monoisotopic (exact) mass is 296 g/mol. The van der Waals surface area contributed by atoms with Gasteiger partial charge < -0.3 is 0 Å². The van der Waals surface area contributed by atoms with Gasteiger partial charge in [0.05, 0.1) is 17.7 Å². The topological polar surface area (TPSA) is 90.9 Å². The van der Waals surface area contributed by atoms with Crippen molar-refractivity contribution in [2.75, 3.05) is 0 Å². The number of aromatic nitrogens is 3. The van der Waals surface area contributed by atoms with E-state index in [1.807, 2.05) is 0 Å². The van der Waals surface area contributed by atoms with Crippen molar-refractivity contribution in [1.29, 1.82) is 0 Å². The highest BCUT2D eigenvalue weighted by atomic mass is 16.6. The summed E-state index contributed by atoms with van der Waals surface area (Å²) in [6.45, 7) is 1.83. The highest BCUT2D eigenvalue weighted by molar-refractivity contribution is 5.75. The number of fused-ring (bicyclic) bond motifs is 1. The summed E-state index contributed by atoms with van der Waals surface area (Å²) in [6, 6.07) is 8.29. The fourth-order valence-corrected chi connectivity index (χ4v) is 2.32. The van der Waals surface area contributed by atoms with Gasteiger partial charge in [0.15, 0.2) is 0 Å². The predicted molar refractivity (Wildman–Crippen MR) is 80.7 cm³/mol. The second-order valence-corrected chi connectivity index (χ2v) is 4.87. The Labute approximate surface area is 125 Å². The molecule has 7 nitrogen and oxygen atoms in total. The average molecular weight is 296 g/mol. The molecule has 2 aromatic heterocycles. The Morgan fingerprint density at radius 1 is 1.27 bits per heavy atom. The number of hydrogen-bond acceptors (Lipinski definition) is 5. The van der Waals surface area contributed by atoms with Gasteiger partial charge in [-0.05, 0) is 24.6 Å². The minimum atomic E-state index is -0.434. The van der Waals surface area contributed by atoms with E-state index in [1.165, 1.54) is 10.7 Å². The number of benzene rings is 1. The van der Waals surface area contributed by atoms with Crippen LogP contribution in [0.15, 0.2) is 47.5 Å². The molecule has 3 aromatic rings. The Kier molecular flexibility index (Phi) is 3.38.